The standard InChI is InChI=1S/C37H50O22/c1-16(2)57-33-28(59-35-30(43)37(47,15-56-35)13-54-32(45)18-9-21(50-5)25(39)22(10-18)51-6)27(41)26(40)23(58-33)11-52-34-29(42)36(46,14-55-34)12-53-31(44)17-7-19(48-3)24(38)20(8-17)49-4/h7-10,16,23,26-30,33-35,38-43,46-47H,11-15H2,1-6H3. The molecule has 0 amide bonds. The van der Waals surface area contributed by atoms with Crippen LogP contribution in [0.25, 0.3) is 0 Å². The number of aromatic hydroxyl groups is 2. The SMILES string of the molecule is COc1cc(C(=O)OCC2(O)COC(OCC3OC(OC(C)C)C(OC4OCC(O)(COC(=O)c5cc(OC)c(O)c(OC)c5)C4O)C(O)C3O)C2O)cc(OC)c1O. The topological polar surface area (TPSA) is 307 Å². The average Bonchev–Trinajstić information content (AvgIpc) is 3.66. The number of aliphatic hydroxyl groups is 6. The largest absolute Gasteiger partial charge is 0.502 e. The fraction of sp³-hybridized carbons (Fsp3) is 0.622. The monoisotopic (exact) mass is 846 g/mol. The van der Waals surface area contributed by atoms with E-state index in [1.807, 2.05) is 0 Å². The van der Waals surface area contributed by atoms with E-state index < -0.39 is 118 Å². The molecule has 0 saturated carbocycles. The predicted molar refractivity (Wildman–Crippen MR) is 192 cm³/mol. The van der Waals surface area contributed by atoms with Crippen molar-refractivity contribution in [3.8, 4) is 34.5 Å². The van der Waals surface area contributed by atoms with Crippen LogP contribution in [0, 0.1) is 0 Å². The Hall–Kier alpha value is -4.30. The molecule has 3 aliphatic heterocycles. The van der Waals surface area contributed by atoms with Crippen LogP contribution in [0.15, 0.2) is 24.3 Å². The first-order valence-electron chi connectivity index (χ1n) is 18.1. The first-order valence-corrected chi connectivity index (χ1v) is 18.1. The number of phenols is 2. The predicted octanol–water partition coefficient (Wildman–Crippen LogP) is -1.68. The second-order valence-corrected chi connectivity index (χ2v) is 14.2. The summed E-state index contributed by atoms with van der Waals surface area (Å²) in [6.45, 7) is 0.0608. The number of hydrogen-bond donors (Lipinski definition) is 8. The van der Waals surface area contributed by atoms with E-state index in [1.165, 1.54) is 52.7 Å². The molecule has 3 fully saturated rings. The molecule has 0 aromatic heterocycles. The summed E-state index contributed by atoms with van der Waals surface area (Å²) < 4.78 is 64.6. The molecule has 5 rings (SSSR count). The Labute approximate surface area is 337 Å². The number of aliphatic hydroxyl groups excluding tert-OH is 4. The van der Waals surface area contributed by atoms with Gasteiger partial charge in [-0.05, 0) is 38.1 Å². The maximum Gasteiger partial charge on any atom is 0.338 e. The van der Waals surface area contributed by atoms with Crippen LogP contribution in [0.2, 0.25) is 0 Å². The number of methoxy groups -OCH3 is 4. The zero-order valence-electron chi connectivity index (χ0n) is 32.9. The molecule has 0 aliphatic carbocycles. The van der Waals surface area contributed by atoms with E-state index in [9.17, 15) is 50.4 Å². The van der Waals surface area contributed by atoms with Gasteiger partial charge >= 0.3 is 11.9 Å². The van der Waals surface area contributed by atoms with E-state index in [0.29, 0.717) is 0 Å². The van der Waals surface area contributed by atoms with Gasteiger partial charge in [-0.3, -0.25) is 0 Å². The normalized spacial score (nSPS) is 31.8. The summed E-state index contributed by atoms with van der Waals surface area (Å²) in [5, 5.41) is 86.6. The number of benzene rings is 2. The van der Waals surface area contributed by atoms with Gasteiger partial charge in [0.2, 0.25) is 11.5 Å². The highest BCUT2D eigenvalue weighted by molar-refractivity contribution is 5.91. The molecule has 3 saturated heterocycles. The number of ether oxygens (including phenoxy) is 12. The van der Waals surface area contributed by atoms with Gasteiger partial charge in [0, 0.05) is 0 Å². The second kappa shape index (κ2) is 19.0. The lowest BCUT2D eigenvalue weighted by atomic mass is 9.98. The summed E-state index contributed by atoms with van der Waals surface area (Å²) in [6, 6.07) is 4.74. The van der Waals surface area contributed by atoms with Crippen molar-refractivity contribution in [1.82, 2.24) is 0 Å². The van der Waals surface area contributed by atoms with Gasteiger partial charge in [0.1, 0.15) is 49.8 Å². The van der Waals surface area contributed by atoms with Gasteiger partial charge in [-0.15, -0.1) is 0 Å². The van der Waals surface area contributed by atoms with Crippen molar-refractivity contribution >= 4 is 11.9 Å². The molecular formula is C37H50O22. The van der Waals surface area contributed by atoms with Crippen LogP contribution in [0.1, 0.15) is 34.6 Å². The van der Waals surface area contributed by atoms with Crippen LogP contribution in [0.5, 0.6) is 34.5 Å². The van der Waals surface area contributed by atoms with E-state index in [4.69, 9.17) is 56.8 Å². The van der Waals surface area contributed by atoms with E-state index in [2.05, 4.69) is 0 Å². The molecule has 3 heterocycles. The minimum atomic E-state index is -2.20. The Morgan fingerprint density at radius 2 is 1.12 bits per heavy atom. The van der Waals surface area contributed by atoms with Gasteiger partial charge in [0.05, 0.1) is 65.5 Å². The Balaban J connectivity index is 1.16. The summed E-state index contributed by atoms with van der Waals surface area (Å²) in [4.78, 5) is 25.6. The van der Waals surface area contributed by atoms with Crippen molar-refractivity contribution in [3.63, 3.8) is 0 Å². The average molecular weight is 847 g/mol. The summed E-state index contributed by atoms with van der Waals surface area (Å²) in [5.74, 6) is -2.95. The Morgan fingerprint density at radius 1 is 0.695 bits per heavy atom. The highest BCUT2D eigenvalue weighted by Gasteiger charge is 2.55. The molecule has 330 valence electrons. The third-order valence-electron chi connectivity index (χ3n) is 9.72. The van der Waals surface area contributed by atoms with Crippen LogP contribution >= 0.6 is 0 Å². The van der Waals surface area contributed by atoms with Crippen molar-refractivity contribution in [2.75, 3.05) is 61.5 Å². The molecule has 0 bridgehead atoms. The Bertz CT molecular complexity index is 1720. The number of rotatable bonds is 17. The number of phenolic OH excluding ortho intramolecular Hbond substituents is 2. The Morgan fingerprint density at radius 3 is 1.54 bits per heavy atom. The summed E-state index contributed by atoms with van der Waals surface area (Å²) in [6.07, 6.45) is -15.2. The molecule has 0 radical (unpaired) electrons. The highest BCUT2D eigenvalue weighted by Crippen LogP contribution is 2.39. The molecule has 11 unspecified atom stereocenters. The zero-order valence-corrected chi connectivity index (χ0v) is 32.9. The molecule has 2 aromatic rings. The van der Waals surface area contributed by atoms with Crippen molar-refractivity contribution in [3.05, 3.63) is 35.4 Å². The highest BCUT2D eigenvalue weighted by atomic mass is 16.8. The molecule has 59 heavy (non-hydrogen) atoms. The molecule has 8 N–H and O–H groups in total. The second-order valence-electron chi connectivity index (χ2n) is 14.2. The van der Waals surface area contributed by atoms with Gasteiger partial charge in [-0.1, -0.05) is 0 Å². The molecule has 3 aliphatic rings. The van der Waals surface area contributed by atoms with Crippen LogP contribution in [0.3, 0.4) is 0 Å². The Kier molecular flexibility index (Phi) is 14.7. The number of carbonyl (C=O) groups excluding carboxylic acids is 2. The quantitative estimate of drug-likeness (QED) is 0.0824. The fourth-order valence-corrected chi connectivity index (χ4v) is 6.30. The summed E-state index contributed by atoms with van der Waals surface area (Å²) >= 11 is 0. The summed E-state index contributed by atoms with van der Waals surface area (Å²) in [7, 11) is 5.05. The minimum Gasteiger partial charge on any atom is -0.502 e. The third kappa shape index (κ3) is 9.85. The molecule has 2 aromatic carbocycles. The van der Waals surface area contributed by atoms with E-state index >= 15 is 0 Å². The van der Waals surface area contributed by atoms with Crippen LogP contribution in [-0.2, 0) is 37.9 Å². The molecule has 11 atom stereocenters. The lowest BCUT2D eigenvalue weighted by molar-refractivity contribution is -0.345. The molecule has 22 heteroatoms. The van der Waals surface area contributed by atoms with E-state index in [0.717, 1.165) is 0 Å². The van der Waals surface area contributed by atoms with Crippen LogP contribution in [0.4, 0.5) is 0 Å². The van der Waals surface area contributed by atoms with Crippen molar-refractivity contribution in [2.24, 2.45) is 0 Å². The van der Waals surface area contributed by atoms with Gasteiger partial charge in [-0.25, -0.2) is 9.59 Å². The first-order chi connectivity index (χ1) is 27.9. The fourth-order valence-electron chi connectivity index (χ4n) is 6.30. The van der Waals surface area contributed by atoms with Gasteiger partial charge < -0.3 is 97.7 Å². The maximum absolute atomic E-state index is 12.8. The van der Waals surface area contributed by atoms with Gasteiger partial charge in [0.25, 0.3) is 0 Å². The molecule has 0 spiro atoms. The van der Waals surface area contributed by atoms with Crippen LogP contribution < -0.4 is 18.9 Å². The lowest BCUT2D eigenvalue weighted by Gasteiger charge is -2.43. The number of hydrogen-bond acceptors (Lipinski definition) is 22. The van der Waals surface area contributed by atoms with Crippen molar-refractivity contribution in [1.29, 1.82) is 0 Å². The van der Waals surface area contributed by atoms with Gasteiger partial charge in [0.15, 0.2) is 53.1 Å². The van der Waals surface area contributed by atoms with Crippen molar-refractivity contribution < 1.29 is 107 Å². The zero-order chi connectivity index (χ0) is 43.4. The van der Waals surface area contributed by atoms with E-state index in [1.54, 1.807) is 13.8 Å². The third-order valence-corrected chi connectivity index (χ3v) is 9.72. The maximum atomic E-state index is 12.8. The number of esters is 2. The first kappa shape index (κ1) is 45.8. The molecular weight excluding hydrogens is 796 g/mol. The van der Waals surface area contributed by atoms with Crippen molar-refractivity contribution in [2.45, 2.75) is 86.6 Å². The minimum absolute atomic E-state index is 0.0760. The molecule has 22 nitrogen and oxygen atoms in total. The van der Waals surface area contributed by atoms with Gasteiger partial charge in [-0.2, -0.15) is 0 Å². The summed E-state index contributed by atoms with van der Waals surface area (Å²) in [5.41, 5.74) is -4.55. The van der Waals surface area contributed by atoms with E-state index in [-0.39, 0.29) is 45.6 Å². The lowest BCUT2D eigenvalue weighted by Crippen LogP contribution is -2.62. The number of carbonyl (C=O) groups is 2. The smallest absolute Gasteiger partial charge is 0.338 e. The van der Waals surface area contributed by atoms with Crippen LogP contribution in [-0.4, -0.2) is 187 Å².